The largest absolute Gasteiger partial charge is 0.450 e. The number of alkyl carbamates (subject to hydrolysis) is 1. The maximum Gasteiger partial charge on any atom is 0.407 e. The Morgan fingerprint density at radius 2 is 1.81 bits per heavy atom. The number of likely N-dealkylation sites (tertiary alicyclic amines) is 1. The van der Waals surface area contributed by atoms with Gasteiger partial charge in [0.15, 0.2) is 0 Å². The van der Waals surface area contributed by atoms with Crippen molar-refractivity contribution < 1.29 is 19.1 Å². The molecule has 2 fully saturated rings. The standard InChI is InChI=1S/C19H26N4O4/c1-2-27-19(26)22-16-4-3-11-23(12-16)17(24)13-5-7-14(8-6-13)20-18(25)21-15-9-10-15/h5-8,15-16H,2-4,9-12H2,1H3,(H,22,26)(H2,20,21,25)/t16-/m1/s1. The molecule has 1 atom stereocenters. The molecule has 0 bridgehead atoms. The van der Waals surface area contributed by atoms with E-state index in [1.54, 1.807) is 36.1 Å². The van der Waals surface area contributed by atoms with Gasteiger partial charge in [-0.3, -0.25) is 4.79 Å². The monoisotopic (exact) mass is 374 g/mol. The lowest BCUT2D eigenvalue weighted by atomic mass is 10.0. The smallest absolute Gasteiger partial charge is 0.407 e. The number of urea groups is 1. The van der Waals surface area contributed by atoms with Crippen LogP contribution in [0.25, 0.3) is 0 Å². The molecular weight excluding hydrogens is 348 g/mol. The lowest BCUT2D eigenvalue weighted by Gasteiger charge is -2.33. The maximum atomic E-state index is 12.7. The summed E-state index contributed by atoms with van der Waals surface area (Å²) in [4.78, 5) is 37.8. The third-order valence-electron chi connectivity index (χ3n) is 4.61. The third-order valence-corrected chi connectivity index (χ3v) is 4.61. The highest BCUT2D eigenvalue weighted by Gasteiger charge is 2.26. The Hall–Kier alpha value is -2.77. The van der Waals surface area contributed by atoms with E-state index in [2.05, 4.69) is 16.0 Å². The Kier molecular flexibility index (Phi) is 6.16. The van der Waals surface area contributed by atoms with Crippen molar-refractivity contribution in [3.8, 4) is 0 Å². The van der Waals surface area contributed by atoms with Crippen molar-refractivity contribution in [1.82, 2.24) is 15.5 Å². The first kappa shape index (κ1) is 19.0. The van der Waals surface area contributed by atoms with Gasteiger partial charge in [-0.15, -0.1) is 0 Å². The van der Waals surface area contributed by atoms with Gasteiger partial charge in [-0.2, -0.15) is 0 Å². The van der Waals surface area contributed by atoms with Gasteiger partial charge >= 0.3 is 12.1 Å². The van der Waals surface area contributed by atoms with Crippen LogP contribution in [0.2, 0.25) is 0 Å². The molecule has 1 saturated heterocycles. The molecule has 0 aromatic heterocycles. The second-order valence-electron chi connectivity index (χ2n) is 6.91. The normalized spacial score (nSPS) is 19.1. The summed E-state index contributed by atoms with van der Waals surface area (Å²) in [6, 6.07) is 6.82. The lowest BCUT2D eigenvalue weighted by Crippen LogP contribution is -2.49. The number of rotatable bonds is 5. The predicted molar refractivity (Wildman–Crippen MR) is 101 cm³/mol. The van der Waals surface area contributed by atoms with Crippen LogP contribution in [0.5, 0.6) is 0 Å². The third kappa shape index (κ3) is 5.60. The van der Waals surface area contributed by atoms with Crippen LogP contribution in [0.15, 0.2) is 24.3 Å². The second-order valence-corrected chi connectivity index (χ2v) is 6.91. The number of benzene rings is 1. The molecule has 1 aromatic rings. The number of nitrogens with one attached hydrogen (secondary N) is 3. The fourth-order valence-electron chi connectivity index (χ4n) is 3.08. The Morgan fingerprint density at radius 3 is 2.48 bits per heavy atom. The van der Waals surface area contributed by atoms with Crippen LogP contribution in [0.3, 0.4) is 0 Å². The van der Waals surface area contributed by atoms with Gasteiger partial charge in [-0.1, -0.05) is 0 Å². The van der Waals surface area contributed by atoms with Gasteiger partial charge in [-0.05, 0) is 56.9 Å². The molecule has 0 radical (unpaired) electrons. The Labute approximate surface area is 158 Å². The molecule has 0 unspecified atom stereocenters. The quantitative estimate of drug-likeness (QED) is 0.736. The van der Waals surface area contributed by atoms with E-state index >= 15 is 0 Å². The van der Waals surface area contributed by atoms with Gasteiger partial charge in [0.2, 0.25) is 0 Å². The van der Waals surface area contributed by atoms with Crippen LogP contribution in [0, 0.1) is 0 Å². The molecule has 1 saturated carbocycles. The van der Waals surface area contributed by atoms with Crippen LogP contribution >= 0.6 is 0 Å². The average Bonchev–Trinajstić information content (AvgIpc) is 3.46. The minimum Gasteiger partial charge on any atom is -0.450 e. The predicted octanol–water partition coefficient (Wildman–Crippen LogP) is 2.32. The molecule has 3 rings (SSSR count). The van der Waals surface area contributed by atoms with Crippen molar-refractivity contribution >= 4 is 23.7 Å². The molecule has 2 aliphatic rings. The first-order valence-corrected chi connectivity index (χ1v) is 9.45. The van der Waals surface area contributed by atoms with Crippen LogP contribution < -0.4 is 16.0 Å². The van der Waals surface area contributed by atoms with E-state index in [0.717, 1.165) is 25.7 Å². The maximum absolute atomic E-state index is 12.7. The topological polar surface area (TPSA) is 99.8 Å². The lowest BCUT2D eigenvalue weighted by molar-refractivity contribution is 0.0686. The highest BCUT2D eigenvalue weighted by Crippen LogP contribution is 2.19. The molecule has 1 aliphatic heterocycles. The summed E-state index contributed by atoms with van der Waals surface area (Å²) in [6.07, 6.45) is 3.26. The van der Waals surface area contributed by atoms with E-state index < -0.39 is 6.09 Å². The average molecular weight is 374 g/mol. The molecule has 4 amide bonds. The zero-order valence-corrected chi connectivity index (χ0v) is 15.5. The van der Waals surface area contributed by atoms with Gasteiger partial charge < -0.3 is 25.6 Å². The Morgan fingerprint density at radius 1 is 1.07 bits per heavy atom. The molecule has 27 heavy (non-hydrogen) atoms. The minimum atomic E-state index is -0.447. The second kappa shape index (κ2) is 8.75. The fraction of sp³-hybridized carbons (Fsp3) is 0.526. The van der Waals surface area contributed by atoms with E-state index in [-0.39, 0.29) is 18.0 Å². The molecule has 3 N–H and O–H groups in total. The van der Waals surface area contributed by atoms with Crippen molar-refractivity contribution in [2.45, 2.75) is 44.7 Å². The Balaban J connectivity index is 1.53. The number of amides is 4. The summed E-state index contributed by atoms with van der Waals surface area (Å²) in [7, 11) is 0. The van der Waals surface area contributed by atoms with E-state index in [1.807, 2.05) is 0 Å². The van der Waals surface area contributed by atoms with Gasteiger partial charge in [0.05, 0.1) is 6.61 Å². The number of hydrogen-bond acceptors (Lipinski definition) is 4. The summed E-state index contributed by atoms with van der Waals surface area (Å²) in [5.41, 5.74) is 1.20. The number of ether oxygens (including phenoxy) is 1. The van der Waals surface area contributed by atoms with Crippen molar-refractivity contribution in [1.29, 1.82) is 0 Å². The van der Waals surface area contributed by atoms with E-state index in [1.165, 1.54) is 0 Å². The summed E-state index contributed by atoms with van der Waals surface area (Å²) in [5.74, 6) is -0.0839. The number of hydrogen-bond donors (Lipinski definition) is 3. The zero-order chi connectivity index (χ0) is 19.2. The Bertz CT molecular complexity index is 687. The van der Waals surface area contributed by atoms with Gasteiger partial charge in [0, 0.05) is 36.4 Å². The molecule has 8 heteroatoms. The molecule has 8 nitrogen and oxygen atoms in total. The zero-order valence-electron chi connectivity index (χ0n) is 15.5. The molecule has 1 aliphatic carbocycles. The summed E-state index contributed by atoms with van der Waals surface area (Å²) in [6.45, 7) is 3.19. The van der Waals surface area contributed by atoms with Crippen LogP contribution in [-0.4, -0.2) is 54.7 Å². The van der Waals surface area contributed by atoms with Gasteiger partial charge in [-0.25, -0.2) is 9.59 Å². The van der Waals surface area contributed by atoms with Crippen molar-refractivity contribution in [3.05, 3.63) is 29.8 Å². The van der Waals surface area contributed by atoms with Gasteiger partial charge in [0.1, 0.15) is 0 Å². The SMILES string of the molecule is CCOC(=O)N[C@@H]1CCCN(C(=O)c2ccc(NC(=O)NC3CC3)cc2)C1. The van der Waals surface area contributed by atoms with E-state index in [4.69, 9.17) is 4.74 Å². The number of nitrogens with zero attached hydrogens (tertiary/aromatic N) is 1. The number of anilines is 1. The van der Waals surface area contributed by atoms with Gasteiger partial charge in [0.25, 0.3) is 5.91 Å². The van der Waals surface area contributed by atoms with Crippen LogP contribution in [0.4, 0.5) is 15.3 Å². The molecule has 146 valence electrons. The van der Waals surface area contributed by atoms with Crippen molar-refractivity contribution in [3.63, 3.8) is 0 Å². The first-order chi connectivity index (χ1) is 13.0. The number of piperidine rings is 1. The van der Waals surface area contributed by atoms with E-state index in [9.17, 15) is 14.4 Å². The molecule has 0 spiro atoms. The number of carbonyl (C=O) groups is 3. The first-order valence-electron chi connectivity index (χ1n) is 9.45. The molecule has 1 aromatic carbocycles. The summed E-state index contributed by atoms with van der Waals surface area (Å²) >= 11 is 0. The molecular formula is C19H26N4O4. The molecule has 1 heterocycles. The number of carbonyl (C=O) groups excluding carboxylic acids is 3. The summed E-state index contributed by atoms with van der Waals surface area (Å²) < 4.78 is 4.90. The fourth-order valence-corrected chi connectivity index (χ4v) is 3.08. The van der Waals surface area contributed by atoms with Crippen molar-refractivity contribution in [2.24, 2.45) is 0 Å². The van der Waals surface area contributed by atoms with Crippen LogP contribution in [0.1, 0.15) is 43.0 Å². The van der Waals surface area contributed by atoms with Crippen molar-refractivity contribution in [2.75, 3.05) is 25.0 Å². The van der Waals surface area contributed by atoms with Crippen LogP contribution in [-0.2, 0) is 4.74 Å². The highest BCUT2D eigenvalue weighted by atomic mass is 16.5. The minimum absolute atomic E-state index is 0.0839. The summed E-state index contributed by atoms with van der Waals surface area (Å²) in [5, 5.41) is 8.41. The highest BCUT2D eigenvalue weighted by molar-refractivity contribution is 5.95. The van der Waals surface area contributed by atoms with E-state index in [0.29, 0.717) is 37.0 Å².